The molecule has 1 heterocycles. The van der Waals surface area contributed by atoms with E-state index in [1.807, 2.05) is 18.2 Å². The van der Waals surface area contributed by atoms with Crippen molar-refractivity contribution in [3.05, 3.63) is 63.9 Å². The molecule has 152 valence electrons. The van der Waals surface area contributed by atoms with E-state index in [4.69, 9.17) is 13.9 Å². The van der Waals surface area contributed by atoms with Gasteiger partial charge in [-0.1, -0.05) is 18.2 Å². The summed E-state index contributed by atoms with van der Waals surface area (Å²) in [5, 5.41) is 25.5. The molecule has 2 N–H and O–H groups in total. The zero-order valence-electron chi connectivity index (χ0n) is 16.1. The predicted octanol–water partition coefficient (Wildman–Crippen LogP) is 3.00. The van der Waals surface area contributed by atoms with Crippen molar-refractivity contribution in [1.82, 2.24) is 5.32 Å². The van der Waals surface area contributed by atoms with Gasteiger partial charge in [0.1, 0.15) is 22.5 Å². The molecule has 0 bridgehead atoms. The number of methoxy groups -OCH3 is 2. The normalized spacial score (nSPS) is 13.0. The standard InChI is InChI=1S/C20H20N2O7/c1-20(24,18-8-12-6-4-5-7-15(12)29-18)11-21-19(23)13-9-16(27-2)17(28-3)10-14(13)22(25)26/h4-10,24H,11H2,1-3H3,(H,21,23). The van der Waals surface area contributed by atoms with Crippen LogP contribution in [-0.4, -0.2) is 36.7 Å². The van der Waals surface area contributed by atoms with Gasteiger partial charge in [-0.15, -0.1) is 0 Å². The molecule has 1 unspecified atom stereocenters. The smallest absolute Gasteiger partial charge is 0.286 e. The molecule has 0 saturated heterocycles. The van der Waals surface area contributed by atoms with Gasteiger partial charge >= 0.3 is 0 Å². The number of hydrogen-bond donors (Lipinski definition) is 2. The van der Waals surface area contributed by atoms with Crippen LogP contribution < -0.4 is 14.8 Å². The number of carbonyl (C=O) groups excluding carboxylic acids is 1. The van der Waals surface area contributed by atoms with Gasteiger partial charge < -0.3 is 24.3 Å². The maximum Gasteiger partial charge on any atom is 0.286 e. The number of amides is 1. The van der Waals surface area contributed by atoms with Crippen molar-refractivity contribution in [2.45, 2.75) is 12.5 Å². The molecule has 1 amide bonds. The summed E-state index contributed by atoms with van der Waals surface area (Å²) in [5.41, 5.74) is -1.58. The number of para-hydroxylation sites is 1. The number of ether oxygens (including phenoxy) is 2. The molecule has 9 heteroatoms. The van der Waals surface area contributed by atoms with Crippen LogP contribution in [0.2, 0.25) is 0 Å². The summed E-state index contributed by atoms with van der Waals surface area (Å²) in [6, 6.07) is 11.3. The van der Waals surface area contributed by atoms with Crippen LogP contribution in [0.4, 0.5) is 5.69 Å². The Kier molecular flexibility index (Phi) is 5.42. The van der Waals surface area contributed by atoms with E-state index in [0.717, 1.165) is 11.5 Å². The van der Waals surface area contributed by atoms with Crippen molar-refractivity contribution in [1.29, 1.82) is 0 Å². The Labute approximate surface area is 166 Å². The van der Waals surface area contributed by atoms with E-state index in [-0.39, 0.29) is 29.4 Å². The molecule has 29 heavy (non-hydrogen) atoms. The van der Waals surface area contributed by atoms with Gasteiger partial charge in [-0.25, -0.2) is 0 Å². The molecule has 9 nitrogen and oxygen atoms in total. The number of benzene rings is 2. The topological polar surface area (TPSA) is 124 Å². The molecule has 2 aromatic carbocycles. The fourth-order valence-electron chi connectivity index (χ4n) is 2.88. The molecule has 0 radical (unpaired) electrons. The maximum atomic E-state index is 12.6. The summed E-state index contributed by atoms with van der Waals surface area (Å²) in [5.74, 6) is -0.174. The fraction of sp³-hybridized carbons (Fsp3) is 0.250. The van der Waals surface area contributed by atoms with E-state index >= 15 is 0 Å². The van der Waals surface area contributed by atoms with Gasteiger partial charge in [0.25, 0.3) is 11.6 Å². The summed E-state index contributed by atoms with van der Waals surface area (Å²) in [6.45, 7) is 1.26. The van der Waals surface area contributed by atoms with Gasteiger partial charge in [0.15, 0.2) is 11.5 Å². The molecular weight excluding hydrogens is 380 g/mol. The molecule has 0 aliphatic carbocycles. The lowest BCUT2D eigenvalue weighted by molar-refractivity contribution is -0.385. The Morgan fingerprint density at radius 3 is 2.48 bits per heavy atom. The lowest BCUT2D eigenvalue weighted by atomic mass is 10.0. The largest absolute Gasteiger partial charge is 0.493 e. The predicted molar refractivity (Wildman–Crippen MR) is 104 cm³/mol. The molecule has 0 saturated carbocycles. The molecule has 0 aliphatic rings. The molecule has 0 aliphatic heterocycles. The molecular formula is C20H20N2O7. The van der Waals surface area contributed by atoms with Crippen LogP contribution in [0, 0.1) is 10.1 Å². The fourth-order valence-corrected chi connectivity index (χ4v) is 2.88. The number of fused-ring (bicyclic) bond motifs is 1. The van der Waals surface area contributed by atoms with Crippen LogP contribution in [0.1, 0.15) is 23.0 Å². The maximum absolute atomic E-state index is 12.6. The van der Waals surface area contributed by atoms with Crippen molar-refractivity contribution in [3.63, 3.8) is 0 Å². The third-order valence-corrected chi connectivity index (χ3v) is 4.49. The van der Waals surface area contributed by atoms with Crippen molar-refractivity contribution < 1.29 is 28.7 Å². The zero-order valence-corrected chi connectivity index (χ0v) is 16.1. The van der Waals surface area contributed by atoms with E-state index in [0.29, 0.717) is 5.58 Å². The van der Waals surface area contributed by atoms with Crippen LogP contribution in [0.15, 0.2) is 46.9 Å². The van der Waals surface area contributed by atoms with Crippen LogP contribution in [-0.2, 0) is 5.60 Å². The highest BCUT2D eigenvalue weighted by molar-refractivity contribution is 5.99. The summed E-state index contributed by atoms with van der Waals surface area (Å²) >= 11 is 0. The Hall–Kier alpha value is -3.59. The summed E-state index contributed by atoms with van der Waals surface area (Å²) < 4.78 is 15.8. The lowest BCUT2D eigenvalue weighted by Crippen LogP contribution is -2.38. The van der Waals surface area contributed by atoms with Gasteiger partial charge in [-0.05, 0) is 19.1 Å². The molecule has 1 atom stereocenters. The second-order valence-corrected chi connectivity index (χ2v) is 6.59. The first-order valence-corrected chi connectivity index (χ1v) is 8.67. The monoisotopic (exact) mass is 400 g/mol. The first-order chi connectivity index (χ1) is 13.8. The first-order valence-electron chi connectivity index (χ1n) is 8.67. The van der Waals surface area contributed by atoms with Crippen molar-refractivity contribution >= 4 is 22.6 Å². The van der Waals surface area contributed by atoms with Crippen LogP contribution in [0.3, 0.4) is 0 Å². The Balaban J connectivity index is 1.85. The van der Waals surface area contributed by atoms with Gasteiger partial charge in [0.2, 0.25) is 0 Å². The molecule has 0 spiro atoms. The number of nitrogens with one attached hydrogen (secondary N) is 1. The van der Waals surface area contributed by atoms with Crippen LogP contribution in [0.25, 0.3) is 11.0 Å². The van der Waals surface area contributed by atoms with E-state index in [1.165, 1.54) is 27.2 Å². The third kappa shape index (κ3) is 3.99. The summed E-state index contributed by atoms with van der Waals surface area (Å²) in [7, 11) is 2.70. The van der Waals surface area contributed by atoms with Gasteiger partial charge in [0, 0.05) is 11.5 Å². The van der Waals surface area contributed by atoms with E-state index in [9.17, 15) is 20.0 Å². The van der Waals surface area contributed by atoms with Crippen molar-refractivity contribution in [2.75, 3.05) is 20.8 Å². The van der Waals surface area contributed by atoms with Gasteiger partial charge in [-0.3, -0.25) is 14.9 Å². The lowest BCUT2D eigenvalue weighted by Gasteiger charge is -2.21. The number of rotatable bonds is 7. The third-order valence-electron chi connectivity index (χ3n) is 4.49. The van der Waals surface area contributed by atoms with Crippen LogP contribution in [0.5, 0.6) is 11.5 Å². The van der Waals surface area contributed by atoms with Gasteiger partial charge in [-0.2, -0.15) is 0 Å². The van der Waals surface area contributed by atoms with Crippen molar-refractivity contribution in [2.24, 2.45) is 0 Å². The minimum atomic E-state index is -1.53. The molecule has 1 aromatic heterocycles. The molecule has 3 rings (SSSR count). The highest BCUT2D eigenvalue weighted by atomic mass is 16.6. The Bertz CT molecular complexity index is 1040. The first kappa shape index (κ1) is 20.2. The highest BCUT2D eigenvalue weighted by Gasteiger charge is 2.30. The quantitative estimate of drug-likeness (QED) is 0.461. The number of nitrogens with zero attached hydrogens (tertiary/aromatic N) is 1. The number of aliphatic hydroxyl groups is 1. The average molecular weight is 400 g/mol. The number of carbonyl (C=O) groups is 1. The second-order valence-electron chi connectivity index (χ2n) is 6.59. The van der Waals surface area contributed by atoms with Crippen LogP contribution >= 0.6 is 0 Å². The van der Waals surface area contributed by atoms with E-state index < -0.39 is 22.1 Å². The Morgan fingerprint density at radius 1 is 1.21 bits per heavy atom. The number of nitro groups is 1. The minimum Gasteiger partial charge on any atom is -0.493 e. The van der Waals surface area contributed by atoms with Crippen molar-refractivity contribution in [3.8, 4) is 11.5 Å². The Morgan fingerprint density at radius 2 is 1.86 bits per heavy atom. The zero-order chi connectivity index (χ0) is 21.2. The number of hydrogen-bond acceptors (Lipinski definition) is 7. The average Bonchev–Trinajstić information content (AvgIpc) is 3.16. The second kappa shape index (κ2) is 7.80. The van der Waals surface area contributed by atoms with E-state index in [1.54, 1.807) is 12.1 Å². The van der Waals surface area contributed by atoms with Gasteiger partial charge in [0.05, 0.1) is 31.8 Å². The van der Waals surface area contributed by atoms with E-state index in [2.05, 4.69) is 5.32 Å². The SMILES string of the molecule is COc1cc(C(=O)NCC(C)(O)c2cc3ccccc3o2)c([N+](=O)[O-])cc1OC. The molecule has 0 fully saturated rings. The highest BCUT2D eigenvalue weighted by Crippen LogP contribution is 2.34. The molecule has 3 aromatic rings. The minimum absolute atomic E-state index is 0.130. The number of furan rings is 1. The number of nitro benzene ring substituents is 1. The summed E-state index contributed by atoms with van der Waals surface area (Å²) in [6.07, 6.45) is 0. The summed E-state index contributed by atoms with van der Waals surface area (Å²) in [4.78, 5) is 23.3.